The molecule has 0 amide bonds. The number of hydrogen-bond acceptors (Lipinski definition) is 3. The van der Waals surface area contributed by atoms with Gasteiger partial charge in [-0.2, -0.15) is 0 Å². The van der Waals surface area contributed by atoms with Gasteiger partial charge >= 0.3 is 0 Å². The highest BCUT2D eigenvalue weighted by Gasteiger charge is 2.28. The van der Waals surface area contributed by atoms with Gasteiger partial charge in [-0.05, 0) is 37.5 Å². The number of anilines is 2. The van der Waals surface area contributed by atoms with E-state index >= 15 is 0 Å². The van der Waals surface area contributed by atoms with Gasteiger partial charge in [0.1, 0.15) is 0 Å². The summed E-state index contributed by atoms with van der Waals surface area (Å²) in [6.07, 6.45) is 2.46. The standard InChI is InChI=1S/C12H18N2O/c1-9-2-3-11(8-12(9)13)14(6-7-15)10-4-5-10/h2-3,8,10,15H,4-7,13H2,1H3. The van der Waals surface area contributed by atoms with Crippen molar-refractivity contribution in [1.29, 1.82) is 0 Å². The minimum atomic E-state index is 0.199. The Labute approximate surface area is 90.5 Å². The van der Waals surface area contributed by atoms with Gasteiger partial charge in [-0.25, -0.2) is 0 Å². The summed E-state index contributed by atoms with van der Waals surface area (Å²) in [4.78, 5) is 2.25. The number of aliphatic hydroxyl groups is 1. The van der Waals surface area contributed by atoms with Crippen molar-refractivity contribution in [2.45, 2.75) is 25.8 Å². The van der Waals surface area contributed by atoms with Crippen molar-refractivity contribution in [2.24, 2.45) is 0 Å². The number of aryl methyl sites for hydroxylation is 1. The highest BCUT2D eigenvalue weighted by atomic mass is 16.3. The van der Waals surface area contributed by atoms with Crippen molar-refractivity contribution < 1.29 is 5.11 Å². The van der Waals surface area contributed by atoms with Crippen LogP contribution in [0.5, 0.6) is 0 Å². The van der Waals surface area contributed by atoms with Crippen molar-refractivity contribution in [3.63, 3.8) is 0 Å². The van der Waals surface area contributed by atoms with E-state index in [2.05, 4.69) is 11.0 Å². The van der Waals surface area contributed by atoms with E-state index in [0.29, 0.717) is 12.6 Å². The average Bonchev–Trinajstić information content (AvgIpc) is 3.02. The van der Waals surface area contributed by atoms with Gasteiger partial charge in [-0.15, -0.1) is 0 Å². The van der Waals surface area contributed by atoms with Crippen molar-refractivity contribution in [3.8, 4) is 0 Å². The van der Waals surface area contributed by atoms with Crippen LogP contribution in [0.15, 0.2) is 18.2 Å². The van der Waals surface area contributed by atoms with Gasteiger partial charge in [-0.1, -0.05) is 6.07 Å². The van der Waals surface area contributed by atoms with Crippen molar-refractivity contribution in [3.05, 3.63) is 23.8 Å². The van der Waals surface area contributed by atoms with Crippen LogP contribution < -0.4 is 10.6 Å². The fourth-order valence-electron chi connectivity index (χ4n) is 1.82. The minimum absolute atomic E-state index is 0.199. The van der Waals surface area contributed by atoms with E-state index in [1.807, 2.05) is 19.1 Å². The molecule has 1 aromatic carbocycles. The highest BCUT2D eigenvalue weighted by molar-refractivity contribution is 5.60. The van der Waals surface area contributed by atoms with Crippen LogP contribution in [-0.4, -0.2) is 24.3 Å². The molecule has 0 radical (unpaired) electrons. The first kappa shape index (κ1) is 10.3. The molecular weight excluding hydrogens is 188 g/mol. The number of nitrogens with two attached hydrogens (primary N) is 1. The Bertz CT molecular complexity index is 347. The first-order chi connectivity index (χ1) is 7.22. The van der Waals surface area contributed by atoms with Crippen LogP contribution in [-0.2, 0) is 0 Å². The third-order valence-electron chi connectivity index (χ3n) is 2.92. The number of aliphatic hydroxyl groups excluding tert-OH is 1. The second-order valence-electron chi connectivity index (χ2n) is 4.19. The fourth-order valence-corrected chi connectivity index (χ4v) is 1.82. The smallest absolute Gasteiger partial charge is 0.0606 e. The normalized spacial score (nSPS) is 15.3. The lowest BCUT2D eigenvalue weighted by atomic mass is 10.1. The Morgan fingerprint density at radius 2 is 2.20 bits per heavy atom. The molecular formula is C12H18N2O. The molecule has 0 aliphatic heterocycles. The summed E-state index contributed by atoms with van der Waals surface area (Å²) >= 11 is 0. The zero-order valence-electron chi connectivity index (χ0n) is 9.11. The van der Waals surface area contributed by atoms with Gasteiger partial charge in [0, 0.05) is 24.0 Å². The summed E-state index contributed by atoms with van der Waals surface area (Å²) in [6, 6.07) is 6.74. The van der Waals surface area contributed by atoms with Crippen LogP contribution in [0.2, 0.25) is 0 Å². The summed E-state index contributed by atoms with van der Waals surface area (Å²) in [5.74, 6) is 0. The number of nitrogen functional groups attached to an aromatic ring is 1. The molecule has 1 saturated carbocycles. The van der Waals surface area contributed by atoms with E-state index in [1.54, 1.807) is 0 Å². The number of benzene rings is 1. The molecule has 3 heteroatoms. The van der Waals surface area contributed by atoms with Gasteiger partial charge in [0.25, 0.3) is 0 Å². The quantitative estimate of drug-likeness (QED) is 0.735. The number of rotatable bonds is 4. The van der Waals surface area contributed by atoms with Crippen molar-refractivity contribution in [1.82, 2.24) is 0 Å². The molecule has 0 atom stereocenters. The molecule has 15 heavy (non-hydrogen) atoms. The average molecular weight is 206 g/mol. The van der Waals surface area contributed by atoms with Crippen LogP contribution in [0.3, 0.4) is 0 Å². The number of hydrogen-bond donors (Lipinski definition) is 2. The largest absolute Gasteiger partial charge is 0.398 e. The monoisotopic (exact) mass is 206 g/mol. The second-order valence-corrected chi connectivity index (χ2v) is 4.19. The van der Waals surface area contributed by atoms with E-state index in [1.165, 1.54) is 12.8 Å². The van der Waals surface area contributed by atoms with E-state index < -0.39 is 0 Å². The lowest BCUT2D eigenvalue weighted by Crippen LogP contribution is -2.28. The SMILES string of the molecule is Cc1ccc(N(CCO)C2CC2)cc1N. The van der Waals surface area contributed by atoms with Gasteiger partial charge in [0.2, 0.25) is 0 Å². The Balaban J connectivity index is 2.21. The molecule has 0 saturated heterocycles. The summed E-state index contributed by atoms with van der Waals surface area (Å²) in [5.41, 5.74) is 8.96. The predicted molar refractivity (Wildman–Crippen MR) is 63.0 cm³/mol. The first-order valence-corrected chi connectivity index (χ1v) is 5.46. The van der Waals surface area contributed by atoms with Gasteiger partial charge in [0.05, 0.1) is 6.61 Å². The Morgan fingerprint density at radius 3 is 2.73 bits per heavy atom. The van der Waals surface area contributed by atoms with E-state index in [4.69, 9.17) is 10.8 Å². The second kappa shape index (κ2) is 4.11. The molecule has 3 nitrogen and oxygen atoms in total. The van der Waals surface area contributed by atoms with Crippen molar-refractivity contribution >= 4 is 11.4 Å². The molecule has 82 valence electrons. The maximum Gasteiger partial charge on any atom is 0.0606 e. The van der Waals surface area contributed by atoms with Crippen LogP contribution in [0.25, 0.3) is 0 Å². The molecule has 0 aromatic heterocycles. The summed E-state index contributed by atoms with van der Waals surface area (Å²) in [6.45, 7) is 2.91. The zero-order valence-corrected chi connectivity index (χ0v) is 9.11. The molecule has 1 fully saturated rings. The maximum absolute atomic E-state index is 9.03. The van der Waals surface area contributed by atoms with Gasteiger partial charge in [0.15, 0.2) is 0 Å². The van der Waals surface area contributed by atoms with Crippen LogP contribution in [0.4, 0.5) is 11.4 Å². The minimum Gasteiger partial charge on any atom is -0.398 e. The van der Waals surface area contributed by atoms with Gasteiger partial charge < -0.3 is 15.7 Å². The predicted octanol–water partition coefficient (Wildman–Crippen LogP) is 1.54. The molecule has 1 aromatic rings. The first-order valence-electron chi connectivity index (χ1n) is 5.46. The summed E-state index contributed by atoms with van der Waals surface area (Å²) in [7, 11) is 0. The maximum atomic E-state index is 9.03. The molecule has 0 unspecified atom stereocenters. The molecule has 0 spiro atoms. The fraction of sp³-hybridized carbons (Fsp3) is 0.500. The van der Waals surface area contributed by atoms with Gasteiger partial charge in [-0.3, -0.25) is 0 Å². The van der Waals surface area contributed by atoms with Crippen molar-refractivity contribution in [2.75, 3.05) is 23.8 Å². The van der Waals surface area contributed by atoms with Crippen LogP contribution >= 0.6 is 0 Å². The topological polar surface area (TPSA) is 49.5 Å². The lowest BCUT2D eigenvalue weighted by molar-refractivity contribution is 0.301. The summed E-state index contributed by atoms with van der Waals surface area (Å²) in [5, 5.41) is 9.03. The van der Waals surface area contributed by atoms with E-state index in [9.17, 15) is 0 Å². The Kier molecular flexibility index (Phi) is 2.82. The van der Waals surface area contributed by atoms with Crippen LogP contribution in [0.1, 0.15) is 18.4 Å². The third kappa shape index (κ3) is 2.23. The molecule has 0 heterocycles. The van der Waals surface area contributed by atoms with E-state index in [0.717, 1.165) is 16.9 Å². The molecule has 1 aliphatic carbocycles. The Morgan fingerprint density at radius 1 is 1.47 bits per heavy atom. The van der Waals surface area contributed by atoms with E-state index in [-0.39, 0.29) is 6.61 Å². The molecule has 1 aliphatic rings. The highest BCUT2D eigenvalue weighted by Crippen LogP contribution is 2.32. The third-order valence-corrected chi connectivity index (χ3v) is 2.92. The molecule has 0 bridgehead atoms. The molecule has 2 rings (SSSR count). The number of nitrogens with zero attached hydrogens (tertiary/aromatic N) is 1. The Hall–Kier alpha value is -1.22. The molecule has 3 N–H and O–H groups in total. The van der Waals surface area contributed by atoms with Crippen LogP contribution in [0, 0.1) is 6.92 Å². The summed E-state index contributed by atoms with van der Waals surface area (Å²) < 4.78 is 0. The zero-order chi connectivity index (χ0) is 10.8. The lowest BCUT2D eigenvalue weighted by Gasteiger charge is -2.24.